The Labute approximate surface area is 169 Å². The third-order valence-corrected chi connectivity index (χ3v) is 5.52. The normalized spacial score (nSPS) is 10.8. The van der Waals surface area contributed by atoms with Gasteiger partial charge in [-0.05, 0) is 50.2 Å². The predicted octanol–water partition coefficient (Wildman–Crippen LogP) is 2.55. The van der Waals surface area contributed by atoms with Gasteiger partial charge in [0.2, 0.25) is 0 Å². The molecule has 0 bridgehead atoms. The zero-order chi connectivity index (χ0) is 21.6. The summed E-state index contributed by atoms with van der Waals surface area (Å²) < 4.78 is 51.0. The van der Waals surface area contributed by atoms with Crippen LogP contribution in [0.3, 0.4) is 0 Å². The number of carbonyl (C=O) groups excluding carboxylic acids is 1. The predicted molar refractivity (Wildman–Crippen MR) is 107 cm³/mol. The minimum atomic E-state index is -4.19. The van der Waals surface area contributed by atoms with Crippen molar-refractivity contribution in [3.63, 3.8) is 0 Å². The topological polar surface area (TPSA) is 97.3 Å². The van der Waals surface area contributed by atoms with Crippen molar-refractivity contribution in [2.75, 3.05) is 25.1 Å². The number of halogens is 1. The van der Waals surface area contributed by atoms with E-state index in [0.717, 1.165) is 16.4 Å². The molecule has 0 heterocycles. The molecule has 0 aliphatic heterocycles. The van der Waals surface area contributed by atoms with Gasteiger partial charge in [0, 0.05) is 11.8 Å². The first kappa shape index (κ1) is 22.2. The molecule has 0 saturated carbocycles. The smallest absolute Gasteiger partial charge is 0.264 e. The molecular weight excluding hydrogens is 401 g/mol. The van der Waals surface area contributed by atoms with E-state index in [0.29, 0.717) is 11.5 Å². The summed E-state index contributed by atoms with van der Waals surface area (Å²) in [6.45, 7) is 2.80. The lowest BCUT2D eigenvalue weighted by atomic mass is 10.3. The van der Waals surface area contributed by atoms with Crippen molar-refractivity contribution in [2.45, 2.75) is 18.7 Å². The molecule has 0 aliphatic carbocycles. The van der Waals surface area contributed by atoms with Gasteiger partial charge in [-0.1, -0.05) is 0 Å². The van der Waals surface area contributed by atoms with Crippen LogP contribution in [0.2, 0.25) is 0 Å². The number of carbonyl (C=O) groups is 1. The Morgan fingerprint density at radius 1 is 1.07 bits per heavy atom. The first-order valence-corrected chi connectivity index (χ1v) is 9.93. The lowest BCUT2D eigenvalue weighted by molar-refractivity contribution is -0.119. The van der Waals surface area contributed by atoms with Crippen molar-refractivity contribution in [2.24, 2.45) is 5.10 Å². The zero-order valence-electron chi connectivity index (χ0n) is 16.5. The van der Waals surface area contributed by atoms with Crippen molar-refractivity contribution in [3.8, 4) is 11.5 Å². The van der Waals surface area contributed by atoms with E-state index in [1.54, 1.807) is 13.8 Å². The fourth-order valence-electron chi connectivity index (χ4n) is 2.37. The van der Waals surface area contributed by atoms with Gasteiger partial charge < -0.3 is 9.47 Å². The number of anilines is 1. The maximum absolute atomic E-state index is 13.3. The van der Waals surface area contributed by atoms with Crippen molar-refractivity contribution in [3.05, 3.63) is 48.3 Å². The maximum atomic E-state index is 13.3. The van der Waals surface area contributed by atoms with E-state index in [2.05, 4.69) is 10.5 Å². The van der Waals surface area contributed by atoms with Gasteiger partial charge >= 0.3 is 0 Å². The molecule has 0 fully saturated rings. The van der Waals surface area contributed by atoms with E-state index in [1.807, 2.05) is 0 Å². The van der Waals surface area contributed by atoms with Crippen LogP contribution in [0.5, 0.6) is 11.5 Å². The van der Waals surface area contributed by atoms with E-state index < -0.39 is 28.3 Å². The number of sulfonamides is 1. The summed E-state index contributed by atoms with van der Waals surface area (Å²) >= 11 is 0. The highest BCUT2D eigenvalue weighted by molar-refractivity contribution is 7.92. The van der Waals surface area contributed by atoms with Crippen LogP contribution in [0.4, 0.5) is 10.1 Å². The first-order valence-electron chi connectivity index (χ1n) is 8.49. The number of nitrogens with one attached hydrogen (secondary N) is 1. The molecule has 0 unspecified atom stereocenters. The van der Waals surface area contributed by atoms with Crippen molar-refractivity contribution >= 4 is 27.3 Å². The van der Waals surface area contributed by atoms with Crippen molar-refractivity contribution in [1.82, 2.24) is 5.43 Å². The summed E-state index contributed by atoms with van der Waals surface area (Å²) in [5.41, 5.74) is 2.99. The van der Waals surface area contributed by atoms with Crippen LogP contribution in [-0.4, -0.2) is 40.8 Å². The molecule has 0 aliphatic rings. The first-order chi connectivity index (χ1) is 13.7. The van der Waals surface area contributed by atoms with Gasteiger partial charge in [0.05, 0.1) is 24.8 Å². The van der Waals surface area contributed by atoms with Crippen LogP contribution in [-0.2, 0) is 14.8 Å². The molecule has 0 spiro atoms. The highest BCUT2D eigenvalue weighted by Gasteiger charge is 2.28. The third-order valence-electron chi connectivity index (χ3n) is 3.75. The zero-order valence-corrected chi connectivity index (χ0v) is 17.3. The Morgan fingerprint density at radius 2 is 1.69 bits per heavy atom. The second kappa shape index (κ2) is 9.37. The minimum absolute atomic E-state index is 0.119. The van der Waals surface area contributed by atoms with E-state index in [1.165, 1.54) is 44.6 Å². The van der Waals surface area contributed by atoms with Crippen molar-refractivity contribution in [1.29, 1.82) is 0 Å². The van der Waals surface area contributed by atoms with Crippen LogP contribution in [0.1, 0.15) is 13.8 Å². The standard InChI is InChI=1S/C19H22FN3O5S/c1-13(2)21-22-19(24)12-23(15-7-5-14(20)6-8-15)29(25,26)16-9-10-17(27-3)18(11-16)28-4/h5-11H,12H2,1-4H3,(H,22,24). The summed E-state index contributed by atoms with van der Waals surface area (Å²) in [4.78, 5) is 12.1. The molecule has 1 N–H and O–H groups in total. The van der Waals surface area contributed by atoms with Crippen LogP contribution >= 0.6 is 0 Å². The summed E-state index contributed by atoms with van der Waals surface area (Å²) in [5, 5.41) is 3.79. The number of nitrogens with zero attached hydrogens (tertiary/aromatic N) is 2. The lowest BCUT2D eigenvalue weighted by Crippen LogP contribution is -2.39. The molecule has 2 rings (SSSR count). The van der Waals surface area contributed by atoms with Gasteiger partial charge in [0.15, 0.2) is 11.5 Å². The summed E-state index contributed by atoms with van der Waals surface area (Å²) in [6.07, 6.45) is 0. The number of hydrogen-bond donors (Lipinski definition) is 1. The summed E-state index contributed by atoms with van der Waals surface area (Å²) in [6, 6.07) is 8.83. The highest BCUT2D eigenvalue weighted by atomic mass is 32.2. The van der Waals surface area contributed by atoms with Crippen molar-refractivity contribution < 1.29 is 27.1 Å². The molecule has 0 atom stereocenters. The van der Waals surface area contributed by atoms with Gasteiger partial charge in [-0.25, -0.2) is 18.2 Å². The number of methoxy groups -OCH3 is 2. The molecule has 10 heteroatoms. The van der Waals surface area contributed by atoms with Crippen LogP contribution in [0.25, 0.3) is 0 Å². The monoisotopic (exact) mass is 423 g/mol. The third kappa shape index (κ3) is 5.44. The average Bonchev–Trinajstić information content (AvgIpc) is 2.70. The molecule has 2 aromatic carbocycles. The molecule has 29 heavy (non-hydrogen) atoms. The Balaban J connectivity index is 2.50. The van der Waals surface area contributed by atoms with E-state index in [-0.39, 0.29) is 16.3 Å². The average molecular weight is 423 g/mol. The molecular formula is C19H22FN3O5S. The van der Waals surface area contributed by atoms with E-state index in [4.69, 9.17) is 9.47 Å². The molecule has 0 radical (unpaired) electrons. The van der Waals surface area contributed by atoms with Crippen LogP contribution < -0.4 is 19.2 Å². The van der Waals surface area contributed by atoms with Gasteiger partial charge in [-0.3, -0.25) is 9.10 Å². The van der Waals surface area contributed by atoms with Gasteiger partial charge in [-0.2, -0.15) is 5.10 Å². The maximum Gasteiger partial charge on any atom is 0.264 e. The Hall–Kier alpha value is -3.14. The minimum Gasteiger partial charge on any atom is -0.493 e. The van der Waals surface area contributed by atoms with Gasteiger partial charge in [0.1, 0.15) is 12.4 Å². The quantitative estimate of drug-likeness (QED) is 0.520. The van der Waals surface area contributed by atoms with E-state index >= 15 is 0 Å². The van der Waals surface area contributed by atoms with Crippen LogP contribution in [0, 0.1) is 5.82 Å². The largest absolute Gasteiger partial charge is 0.493 e. The molecule has 2 aromatic rings. The number of benzene rings is 2. The van der Waals surface area contributed by atoms with E-state index in [9.17, 15) is 17.6 Å². The van der Waals surface area contributed by atoms with Gasteiger partial charge in [0.25, 0.3) is 15.9 Å². The Morgan fingerprint density at radius 3 is 2.24 bits per heavy atom. The van der Waals surface area contributed by atoms with Gasteiger partial charge in [-0.15, -0.1) is 0 Å². The Kier molecular flexibility index (Phi) is 7.16. The Bertz CT molecular complexity index is 1000. The molecule has 0 aromatic heterocycles. The molecule has 1 amide bonds. The fourth-order valence-corrected chi connectivity index (χ4v) is 3.80. The lowest BCUT2D eigenvalue weighted by Gasteiger charge is -2.24. The summed E-state index contributed by atoms with van der Waals surface area (Å²) in [5.74, 6) is -0.624. The molecule has 156 valence electrons. The fraction of sp³-hybridized carbons (Fsp3) is 0.263. The molecule has 8 nitrogen and oxygen atoms in total. The second-order valence-corrected chi connectivity index (χ2v) is 7.96. The number of ether oxygens (including phenoxy) is 2. The number of rotatable bonds is 8. The SMILES string of the molecule is COc1ccc(S(=O)(=O)N(CC(=O)NN=C(C)C)c2ccc(F)cc2)cc1OC. The number of amides is 1. The number of hydrazone groups is 1. The highest BCUT2D eigenvalue weighted by Crippen LogP contribution is 2.32. The summed E-state index contributed by atoms with van der Waals surface area (Å²) in [7, 11) is -1.38. The number of hydrogen-bond acceptors (Lipinski definition) is 6. The second-order valence-electron chi connectivity index (χ2n) is 6.10. The molecule has 0 saturated heterocycles. The van der Waals surface area contributed by atoms with Crippen LogP contribution in [0.15, 0.2) is 52.5 Å².